The Morgan fingerprint density at radius 2 is 1.89 bits per heavy atom. The molecule has 2 amide bonds. The lowest BCUT2D eigenvalue weighted by Gasteiger charge is -2.26. The molecular weight excluding hydrogens is 232 g/mol. The van der Waals surface area contributed by atoms with Gasteiger partial charge in [-0.05, 0) is 25.2 Å². The normalized spacial score (nSPS) is 25.2. The van der Waals surface area contributed by atoms with Crippen LogP contribution in [0.2, 0.25) is 0 Å². The number of amides is 2. The summed E-state index contributed by atoms with van der Waals surface area (Å²) in [5, 5.41) is 13.7. The largest absolute Gasteiger partial charge is 0.480 e. The van der Waals surface area contributed by atoms with Crippen LogP contribution in [0.3, 0.4) is 0 Å². The molecule has 1 aliphatic rings. The molecule has 0 saturated heterocycles. The molecule has 0 aromatic rings. The van der Waals surface area contributed by atoms with Crippen molar-refractivity contribution in [3.05, 3.63) is 0 Å². The van der Waals surface area contributed by atoms with E-state index in [1.165, 1.54) is 32.6 Å². The highest BCUT2D eigenvalue weighted by Gasteiger charge is 2.18. The standard InChI is InChI=1S/C13H24N2O3/c1-9-3-5-11(6-4-9)7-8-14-13(18)15-10(2)12(16)17/h9-11H,3-8H2,1-2H3,(H,16,17)(H2,14,15,18)/t9?,10-,11?/m1/s1. The number of aliphatic carboxylic acids is 1. The fourth-order valence-electron chi connectivity index (χ4n) is 2.32. The van der Waals surface area contributed by atoms with Gasteiger partial charge in [0.25, 0.3) is 0 Å². The van der Waals surface area contributed by atoms with Crippen molar-refractivity contribution in [1.82, 2.24) is 10.6 Å². The molecule has 0 bridgehead atoms. The summed E-state index contributed by atoms with van der Waals surface area (Å²) < 4.78 is 0. The van der Waals surface area contributed by atoms with Gasteiger partial charge >= 0.3 is 12.0 Å². The zero-order valence-electron chi connectivity index (χ0n) is 11.2. The van der Waals surface area contributed by atoms with Crippen molar-refractivity contribution in [3.8, 4) is 0 Å². The number of carbonyl (C=O) groups excluding carboxylic acids is 1. The highest BCUT2D eigenvalue weighted by Crippen LogP contribution is 2.29. The molecule has 0 unspecified atom stereocenters. The number of rotatable bonds is 5. The Kier molecular flexibility index (Phi) is 5.95. The van der Waals surface area contributed by atoms with Gasteiger partial charge < -0.3 is 15.7 Å². The van der Waals surface area contributed by atoms with Gasteiger partial charge in [0, 0.05) is 6.54 Å². The number of hydrogen-bond donors (Lipinski definition) is 3. The number of carboxylic acid groups (broad SMARTS) is 1. The summed E-state index contributed by atoms with van der Waals surface area (Å²) in [5.41, 5.74) is 0. The molecule has 3 N–H and O–H groups in total. The Balaban J connectivity index is 2.10. The van der Waals surface area contributed by atoms with Crippen LogP contribution in [0.1, 0.15) is 46.0 Å². The van der Waals surface area contributed by atoms with E-state index < -0.39 is 18.0 Å². The number of carboxylic acids is 1. The van der Waals surface area contributed by atoms with Crippen molar-refractivity contribution < 1.29 is 14.7 Å². The van der Waals surface area contributed by atoms with Crippen LogP contribution >= 0.6 is 0 Å². The summed E-state index contributed by atoms with van der Waals surface area (Å²) in [6, 6.07) is -1.24. The number of nitrogens with one attached hydrogen (secondary N) is 2. The molecule has 1 rings (SSSR count). The molecule has 0 heterocycles. The van der Waals surface area contributed by atoms with E-state index in [4.69, 9.17) is 5.11 Å². The first-order valence-corrected chi connectivity index (χ1v) is 6.76. The third-order valence-corrected chi connectivity index (χ3v) is 3.69. The van der Waals surface area contributed by atoms with E-state index in [9.17, 15) is 9.59 Å². The maximum absolute atomic E-state index is 11.4. The molecular formula is C13H24N2O3. The van der Waals surface area contributed by atoms with E-state index in [1.807, 2.05) is 0 Å². The molecule has 104 valence electrons. The van der Waals surface area contributed by atoms with Crippen molar-refractivity contribution in [2.24, 2.45) is 11.8 Å². The molecule has 18 heavy (non-hydrogen) atoms. The van der Waals surface area contributed by atoms with E-state index in [2.05, 4.69) is 17.6 Å². The second-order valence-electron chi connectivity index (χ2n) is 5.37. The molecule has 5 heteroatoms. The van der Waals surface area contributed by atoms with Crippen LogP contribution in [0.4, 0.5) is 4.79 Å². The minimum absolute atomic E-state index is 0.394. The zero-order valence-corrected chi connectivity index (χ0v) is 11.2. The van der Waals surface area contributed by atoms with Gasteiger partial charge in [-0.15, -0.1) is 0 Å². The Hall–Kier alpha value is -1.26. The number of carbonyl (C=O) groups is 2. The third kappa shape index (κ3) is 5.38. The predicted octanol–water partition coefficient (Wildman–Crippen LogP) is 1.98. The van der Waals surface area contributed by atoms with Gasteiger partial charge in [0.2, 0.25) is 0 Å². The van der Waals surface area contributed by atoms with Crippen molar-refractivity contribution in [2.45, 2.75) is 52.0 Å². The van der Waals surface area contributed by atoms with Crippen LogP contribution in [-0.4, -0.2) is 29.7 Å². The highest BCUT2D eigenvalue weighted by atomic mass is 16.4. The highest BCUT2D eigenvalue weighted by molar-refractivity contribution is 5.82. The van der Waals surface area contributed by atoms with E-state index >= 15 is 0 Å². The first-order valence-electron chi connectivity index (χ1n) is 6.76. The summed E-state index contributed by atoms with van der Waals surface area (Å²) in [4.78, 5) is 21.9. The van der Waals surface area contributed by atoms with Gasteiger partial charge in [-0.2, -0.15) is 0 Å². The lowest BCUT2D eigenvalue weighted by Crippen LogP contribution is -2.44. The summed E-state index contributed by atoms with van der Waals surface area (Å²) in [5.74, 6) is 0.527. The topological polar surface area (TPSA) is 78.4 Å². The van der Waals surface area contributed by atoms with Crippen LogP contribution < -0.4 is 10.6 Å². The van der Waals surface area contributed by atoms with Gasteiger partial charge in [-0.1, -0.05) is 32.6 Å². The molecule has 0 aromatic carbocycles. The van der Waals surface area contributed by atoms with Crippen LogP contribution in [0.15, 0.2) is 0 Å². The van der Waals surface area contributed by atoms with Crippen molar-refractivity contribution in [1.29, 1.82) is 0 Å². The van der Waals surface area contributed by atoms with E-state index in [0.717, 1.165) is 12.3 Å². The van der Waals surface area contributed by atoms with Gasteiger partial charge in [0.1, 0.15) is 6.04 Å². The average molecular weight is 256 g/mol. The molecule has 1 aliphatic carbocycles. The van der Waals surface area contributed by atoms with E-state index in [1.54, 1.807) is 0 Å². The molecule has 1 saturated carbocycles. The first kappa shape index (κ1) is 14.8. The van der Waals surface area contributed by atoms with Crippen LogP contribution in [0.5, 0.6) is 0 Å². The smallest absolute Gasteiger partial charge is 0.325 e. The van der Waals surface area contributed by atoms with E-state index in [0.29, 0.717) is 12.5 Å². The summed E-state index contributed by atoms with van der Waals surface area (Å²) in [7, 11) is 0. The molecule has 1 fully saturated rings. The lowest BCUT2D eigenvalue weighted by molar-refractivity contribution is -0.138. The van der Waals surface area contributed by atoms with Crippen molar-refractivity contribution in [2.75, 3.05) is 6.54 Å². The molecule has 5 nitrogen and oxygen atoms in total. The second-order valence-corrected chi connectivity index (χ2v) is 5.37. The van der Waals surface area contributed by atoms with Gasteiger partial charge in [0.15, 0.2) is 0 Å². The summed E-state index contributed by atoms with van der Waals surface area (Å²) in [6.45, 7) is 4.36. The average Bonchev–Trinajstić information content (AvgIpc) is 2.31. The summed E-state index contributed by atoms with van der Waals surface area (Å²) in [6.07, 6.45) is 6.05. The maximum atomic E-state index is 11.4. The molecule has 0 spiro atoms. The SMILES string of the molecule is CC1CCC(CCNC(=O)N[C@H](C)C(=O)O)CC1. The lowest BCUT2D eigenvalue weighted by atomic mass is 9.81. The minimum atomic E-state index is -1.02. The Morgan fingerprint density at radius 3 is 2.44 bits per heavy atom. The van der Waals surface area contributed by atoms with E-state index in [-0.39, 0.29) is 0 Å². The quantitative estimate of drug-likeness (QED) is 0.703. The van der Waals surface area contributed by atoms with Crippen molar-refractivity contribution in [3.63, 3.8) is 0 Å². The Bertz CT molecular complexity index is 286. The molecule has 0 aliphatic heterocycles. The number of hydrogen-bond acceptors (Lipinski definition) is 2. The first-order chi connectivity index (χ1) is 8.49. The second kappa shape index (κ2) is 7.24. The number of urea groups is 1. The van der Waals surface area contributed by atoms with Gasteiger partial charge in [-0.25, -0.2) is 4.79 Å². The van der Waals surface area contributed by atoms with Gasteiger partial charge in [0.05, 0.1) is 0 Å². The minimum Gasteiger partial charge on any atom is -0.480 e. The molecule has 0 aromatic heterocycles. The molecule has 0 radical (unpaired) electrons. The van der Waals surface area contributed by atoms with Crippen LogP contribution in [0, 0.1) is 11.8 Å². The molecule has 1 atom stereocenters. The zero-order chi connectivity index (χ0) is 13.5. The monoisotopic (exact) mass is 256 g/mol. The Morgan fingerprint density at radius 1 is 1.28 bits per heavy atom. The third-order valence-electron chi connectivity index (χ3n) is 3.69. The van der Waals surface area contributed by atoms with Crippen LogP contribution in [-0.2, 0) is 4.79 Å². The van der Waals surface area contributed by atoms with Crippen LogP contribution in [0.25, 0.3) is 0 Å². The van der Waals surface area contributed by atoms with Gasteiger partial charge in [-0.3, -0.25) is 4.79 Å². The Labute approximate surface area is 108 Å². The van der Waals surface area contributed by atoms with Crippen molar-refractivity contribution >= 4 is 12.0 Å². The fraction of sp³-hybridized carbons (Fsp3) is 0.846. The maximum Gasteiger partial charge on any atom is 0.325 e. The fourth-order valence-corrected chi connectivity index (χ4v) is 2.32. The predicted molar refractivity (Wildman–Crippen MR) is 69.4 cm³/mol. The summed E-state index contributed by atoms with van der Waals surface area (Å²) >= 11 is 0.